The fourth-order valence-electron chi connectivity index (χ4n) is 2.59. The molecule has 0 bridgehead atoms. The van der Waals surface area contributed by atoms with Crippen molar-refractivity contribution in [3.8, 4) is 0 Å². The second-order valence-electron chi connectivity index (χ2n) is 5.29. The summed E-state index contributed by atoms with van der Waals surface area (Å²) in [5.74, 6) is 1.07. The molecule has 1 N–H and O–H groups in total. The molecular weight excluding hydrogens is 241 g/mol. The molecule has 1 saturated heterocycles. The molecule has 3 nitrogen and oxygen atoms in total. The van der Waals surface area contributed by atoms with E-state index in [-0.39, 0.29) is 5.82 Å². The monoisotopic (exact) mass is 265 g/mol. The molecule has 1 atom stereocenters. The molecule has 4 heteroatoms. The minimum absolute atomic E-state index is 0.150. The molecule has 1 aliphatic rings. The molecule has 1 aromatic heterocycles. The average Bonchev–Trinajstić information content (AvgIpc) is 2.89. The molecule has 19 heavy (non-hydrogen) atoms. The first kappa shape index (κ1) is 14.3. The minimum Gasteiger partial charge on any atom is -0.354 e. The topological polar surface area (TPSA) is 28.2 Å². The van der Waals surface area contributed by atoms with Gasteiger partial charge in [0.1, 0.15) is 0 Å². The van der Waals surface area contributed by atoms with Gasteiger partial charge >= 0.3 is 0 Å². The quantitative estimate of drug-likeness (QED) is 0.802. The SMILES string of the molecule is CCCNCc1ccnc(N2CCC(CC)C2)c1F. The molecule has 0 radical (unpaired) electrons. The van der Waals surface area contributed by atoms with Gasteiger partial charge in [-0.25, -0.2) is 9.37 Å². The van der Waals surface area contributed by atoms with Crippen LogP contribution in [-0.4, -0.2) is 24.6 Å². The predicted octanol–water partition coefficient (Wildman–Crippen LogP) is 2.96. The first-order valence-corrected chi connectivity index (χ1v) is 7.35. The number of nitrogens with zero attached hydrogens (tertiary/aromatic N) is 2. The van der Waals surface area contributed by atoms with Crippen molar-refractivity contribution in [1.29, 1.82) is 0 Å². The Hall–Kier alpha value is -1.16. The molecule has 1 aliphatic heterocycles. The highest BCUT2D eigenvalue weighted by atomic mass is 19.1. The molecule has 2 heterocycles. The molecule has 2 rings (SSSR count). The van der Waals surface area contributed by atoms with Gasteiger partial charge in [0, 0.05) is 31.4 Å². The number of nitrogens with one attached hydrogen (secondary N) is 1. The lowest BCUT2D eigenvalue weighted by molar-refractivity contribution is 0.561. The van der Waals surface area contributed by atoms with Crippen LogP contribution in [0.5, 0.6) is 0 Å². The zero-order valence-electron chi connectivity index (χ0n) is 12.0. The Bertz CT molecular complexity index is 408. The fourth-order valence-corrected chi connectivity index (χ4v) is 2.59. The summed E-state index contributed by atoms with van der Waals surface area (Å²) < 4.78 is 14.4. The Kier molecular flexibility index (Phi) is 5.14. The summed E-state index contributed by atoms with van der Waals surface area (Å²) in [5, 5.41) is 3.24. The first-order valence-electron chi connectivity index (χ1n) is 7.35. The van der Waals surface area contributed by atoms with E-state index in [9.17, 15) is 4.39 Å². The maximum Gasteiger partial charge on any atom is 0.170 e. The molecule has 1 unspecified atom stereocenters. The van der Waals surface area contributed by atoms with Gasteiger partial charge in [-0.05, 0) is 31.4 Å². The zero-order valence-corrected chi connectivity index (χ0v) is 12.0. The van der Waals surface area contributed by atoms with E-state index in [1.165, 1.54) is 0 Å². The number of hydrogen-bond donors (Lipinski definition) is 1. The van der Waals surface area contributed by atoms with Crippen LogP contribution in [0.2, 0.25) is 0 Å². The normalized spacial score (nSPS) is 19.1. The molecule has 1 aromatic rings. The van der Waals surface area contributed by atoms with Crippen molar-refractivity contribution in [2.75, 3.05) is 24.5 Å². The van der Waals surface area contributed by atoms with E-state index in [0.29, 0.717) is 18.3 Å². The largest absolute Gasteiger partial charge is 0.354 e. The summed E-state index contributed by atoms with van der Waals surface area (Å²) in [4.78, 5) is 6.33. The standard InChI is InChI=1S/C15H24FN3/c1-3-7-17-10-13-5-8-18-15(14(13)16)19-9-6-12(4-2)11-19/h5,8,12,17H,3-4,6-7,9-11H2,1-2H3. The molecule has 0 spiro atoms. The summed E-state index contributed by atoms with van der Waals surface area (Å²) in [6.07, 6.45) is 5.09. The maximum absolute atomic E-state index is 14.4. The summed E-state index contributed by atoms with van der Waals surface area (Å²) >= 11 is 0. The lowest BCUT2D eigenvalue weighted by Crippen LogP contribution is -2.23. The number of hydrogen-bond acceptors (Lipinski definition) is 3. The molecule has 1 fully saturated rings. The van der Waals surface area contributed by atoms with Crippen LogP contribution in [0.15, 0.2) is 12.3 Å². The summed E-state index contributed by atoms with van der Waals surface area (Å²) in [6, 6.07) is 1.77. The van der Waals surface area contributed by atoms with Crippen LogP contribution in [0.3, 0.4) is 0 Å². The molecule has 106 valence electrons. The van der Waals surface area contributed by atoms with Gasteiger partial charge in [-0.15, -0.1) is 0 Å². The van der Waals surface area contributed by atoms with Crippen molar-refractivity contribution in [3.63, 3.8) is 0 Å². The first-order chi connectivity index (χ1) is 9.26. The number of anilines is 1. The number of rotatable bonds is 6. The van der Waals surface area contributed by atoms with Crippen LogP contribution >= 0.6 is 0 Å². The van der Waals surface area contributed by atoms with Gasteiger partial charge in [-0.3, -0.25) is 0 Å². The molecule has 0 aromatic carbocycles. The maximum atomic E-state index is 14.4. The van der Waals surface area contributed by atoms with Crippen LogP contribution in [0.1, 0.15) is 38.7 Å². The molecule has 0 saturated carbocycles. The molecule has 0 aliphatic carbocycles. The van der Waals surface area contributed by atoms with Gasteiger partial charge in [0.05, 0.1) is 0 Å². The van der Waals surface area contributed by atoms with Gasteiger partial charge in [0.2, 0.25) is 0 Å². The Balaban J connectivity index is 2.07. The Morgan fingerprint density at radius 2 is 2.32 bits per heavy atom. The summed E-state index contributed by atoms with van der Waals surface area (Å²) in [6.45, 7) is 7.67. The Morgan fingerprint density at radius 1 is 1.47 bits per heavy atom. The van der Waals surface area contributed by atoms with E-state index >= 15 is 0 Å². The van der Waals surface area contributed by atoms with E-state index < -0.39 is 0 Å². The van der Waals surface area contributed by atoms with Crippen LogP contribution in [-0.2, 0) is 6.54 Å². The highest BCUT2D eigenvalue weighted by molar-refractivity contribution is 5.44. The Morgan fingerprint density at radius 3 is 3.00 bits per heavy atom. The molecule has 0 amide bonds. The van der Waals surface area contributed by atoms with Crippen molar-refractivity contribution < 1.29 is 4.39 Å². The van der Waals surface area contributed by atoms with Gasteiger partial charge in [-0.1, -0.05) is 20.3 Å². The summed E-state index contributed by atoms with van der Waals surface area (Å²) in [5.41, 5.74) is 0.721. The van der Waals surface area contributed by atoms with Gasteiger partial charge < -0.3 is 10.2 Å². The second kappa shape index (κ2) is 6.85. The van der Waals surface area contributed by atoms with Crippen molar-refractivity contribution >= 4 is 5.82 Å². The van der Waals surface area contributed by atoms with E-state index in [2.05, 4.69) is 29.0 Å². The van der Waals surface area contributed by atoms with E-state index in [1.807, 2.05) is 0 Å². The third-order valence-corrected chi connectivity index (χ3v) is 3.86. The summed E-state index contributed by atoms with van der Waals surface area (Å²) in [7, 11) is 0. The van der Waals surface area contributed by atoms with Gasteiger partial charge in [-0.2, -0.15) is 0 Å². The minimum atomic E-state index is -0.150. The lowest BCUT2D eigenvalue weighted by atomic mass is 10.1. The van der Waals surface area contributed by atoms with Crippen molar-refractivity contribution in [2.45, 2.75) is 39.7 Å². The number of pyridine rings is 1. The van der Waals surface area contributed by atoms with Crippen molar-refractivity contribution in [2.24, 2.45) is 5.92 Å². The third kappa shape index (κ3) is 3.44. The molecular formula is C15H24FN3. The average molecular weight is 265 g/mol. The third-order valence-electron chi connectivity index (χ3n) is 3.86. The van der Waals surface area contributed by atoms with Gasteiger partial charge in [0.25, 0.3) is 0 Å². The number of halogens is 1. The Labute approximate surface area is 115 Å². The highest BCUT2D eigenvalue weighted by Gasteiger charge is 2.24. The predicted molar refractivity (Wildman–Crippen MR) is 76.8 cm³/mol. The van der Waals surface area contributed by atoms with Crippen molar-refractivity contribution in [1.82, 2.24) is 10.3 Å². The van der Waals surface area contributed by atoms with E-state index in [1.54, 1.807) is 12.3 Å². The van der Waals surface area contributed by atoms with Crippen LogP contribution in [0.4, 0.5) is 10.2 Å². The van der Waals surface area contributed by atoms with Gasteiger partial charge in [0.15, 0.2) is 11.6 Å². The van der Waals surface area contributed by atoms with Crippen LogP contribution in [0, 0.1) is 11.7 Å². The second-order valence-corrected chi connectivity index (χ2v) is 5.29. The van der Waals surface area contributed by atoms with E-state index in [4.69, 9.17) is 0 Å². The van der Waals surface area contributed by atoms with E-state index in [0.717, 1.165) is 44.5 Å². The van der Waals surface area contributed by atoms with Crippen LogP contribution < -0.4 is 10.2 Å². The smallest absolute Gasteiger partial charge is 0.170 e. The lowest BCUT2D eigenvalue weighted by Gasteiger charge is -2.19. The fraction of sp³-hybridized carbons (Fsp3) is 0.667. The van der Waals surface area contributed by atoms with Crippen molar-refractivity contribution in [3.05, 3.63) is 23.6 Å². The van der Waals surface area contributed by atoms with Crippen LogP contribution in [0.25, 0.3) is 0 Å². The number of aromatic nitrogens is 1. The zero-order chi connectivity index (χ0) is 13.7. The highest BCUT2D eigenvalue weighted by Crippen LogP contribution is 2.27.